The summed E-state index contributed by atoms with van der Waals surface area (Å²) in [5.74, 6) is -2.62. The molecule has 9 nitrogen and oxygen atoms in total. The van der Waals surface area contributed by atoms with Crippen LogP contribution in [0.3, 0.4) is 0 Å². The number of rotatable bonds is 3. The van der Waals surface area contributed by atoms with Gasteiger partial charge in [0.05, 0.1) is 29.5 Å². The summed E-state index contributed by atoms with van der Waals surface area (Å²) < 4.78 is 28.2. The fourth-order valence-electron chi connectivity index (χ4n) is 3.97. The maximum absolute atomic E-state index is 13.4. The van der Waals surface area contributed by atoms with Gasteiger partial charge in [-0.3, -0.25) is 19.5 Å². The van der Waals surface area contributed by atoms with Gasteiger partial charge in [0.1, 0.15) is 5.52 Å². The monoisotopic (exact) mass is 403 g/mol. The molecule has 2 aliphatic heterocycles. The van der Waals surface area contributed by atoms with Crippen molar-refractivity contribution in [1.82, 2.24) is 34.5 Å². The molecule has 2 aliphatic rings. The minimum Gasteiger partial charge on any atom is -0.355 e. The SMILES string of the molecule is Cc1c(C(=O)N2CC(N3CCC(F)(F)C3)C2)cnn1-c1nc2cc[nH]c2c(=O)[nH]1. The highest BCUT2D eigenvalue weighted by Gasteiger charge is 2.45. The lowest BCUT2D eigenvalue weighted by Gasteiger charge is -2.43. The van der Waals surface area contributed by atoms with E-state index in [2.05, 4.69) is 20.1 Å². The van der Waals surface area contributed by atoms with Crippen LogP contribution < -0.4 is 5.56 Å². The number of hydrogen-bond donors (Lipinski definition) is 2. The number of fused-ring (bicyclic) bond motifs is 1. The Hall–Kier alpha value is -3.08. The number of carbonyl (C=O) groups excluding carboxylic acids is 1. The van der Waals surface area contributed by atoms with Gasteiger partial charge >= 0.3 is 0 Å². The van der Waals surface area contributed by atoms with E-state index in [1.165, 1.54) is 10.9 Å². The van der Waals surface area contributed by atoms with Crippen molar-refractivity contribution < 1.29 is 13.6 Å². The summed E-state index contributed by atoms with van der Waals surface area (Å²) in [7, 11) is 0. The first-order valence-corrected chi connectivity index (χ1v) is 9.36. The highest BCUT2D eigenvalue weighted by Crippen LogP contribution is 2.31. The molecule has 0 bridgehead atoms. The third-order valence-electron chi connectivity index (χ3n) is 5.71. The van der Waals surface area contributed by atoms with E-state index in [-0.39, 0.29) is 36.4 Å². The molecule has 0 atom stereocenters. The number of likely N-dealkylation sites (tertiary alicyclic amines) is 2. The molecule has 0 saturated carbocycles. The second-order valence-corrected chi connectivity index (χ2v) is 7.62. The van der Waals surface area contributed by atoms with E-state index in [4.69, 9.17) is 0 Å². The zero-order valence-corrected chi connectivity index (χ0v) is 15.7. The van der Waals surface area contributed by atoms with E-state index in [0.717, 1.165) is 0 Å². The van der Waals surface area contributed by atoms with Gasteiger partial charge < -0.3 is 9.88 Å². The van der Waals surface area contributed by atoms with Crippen LogP contribution in [0.4, 0.5) is 8.78 Å². The Morgan fingerprint density at radius 1 is 1.34 bits per heavy atom. The number of carbonyl (C=O) groups is 1. The van der Waals surface area contributed by atoms with Crippen molar-refractivity contribution in [3.8, 4) is 5.95 Å². The summed E-state index contributed by atoms with van der Waals surface area (Å²) >= 11 is 0. The Labute approximate surface area is 163 Å². The molecule has 0 aromatic carbocycles. The number of aromatic nitrogens is 5. The van der Waals surface area contributed by atoms with E-state index in [9.17, 15) is 18.4 Å². The molecular weight excluding hydrogens is 384 g/mol. The predicted octanol–water partition coefficient (Wildman–Crippen LogP) is 0.911. The smallest absolute Gasteiger partial charge is 0.276 e. The summed E-state index contributed by atoms with van der Waals surface area (Å²) in [6.07, 6.45) is 2.94. The van der Waals surface area contributed by atoms with Crippen LogP contribution in [0.1, 0.15) is 22.5 Å². The number of nitrogens with one attached hydrogen (secondary N) is 2. The van der Waals surface area contributed by atoms with Gasteiger partial charge in [-0.1, -0.05) is 0 Å². The highest BCUT2D eigenvalue weighted by molar-refractivity contribution is 5.95. The van der Waals surface area contributed by atoms with Gasteiger partial charge in [-0.05, 0) is 13.0 Å². The molecule has 29 heavy (non-hydrogen) atoms. The number of amides is 1. The predicted molar refractivity (Wildman–Crippen MR) is 99.4 cm³/mol. The van der Waals surface area contributed by atoms with Gasteiger partial charge in [-0.25, -0.2) is 18.4 Å². The van der Waals surface area contributed by atoms with Gasteiger partial charge in [-0.15, -0.1) is 0 Å². The minimum absolute atomic E-state index is 0.0308. The van der Waals surface area contributed by atoms with Crippen molar-refractivity contribution in [1.29, 1.82) is 0 Å². The Bertz CT molecular complexity index is 1160. The molecule has 5 heterocycles. The average molecular weight is 403 g/mol. The molecule has 1 amide bonds. The molecule has 2 saturated heterocycles. The van der Waals surface area contributed by atoms with Crippen molar-refractivity contribution in [2.45, 2.75) is 25.3 Å². The second kappa shape index (κ2) is 6.21. The van der Waals surface area contributed by atoms with Crippen molar-refractivity contribution in [2.24, 2.45) is 0 Å². The van der Waals surface area contributed by atoms with Gasteiger partial charge in [0.25, 0.3) is 17.4 Å². The maximum atomic E-state index is 13.4. The van der Waals surface area contributed by atoms with Crippen LogP contribution >= 0.6 is 0 Å². The number of nitrogens with zero attached hydrogens (tertiary/aromatic N) is 5. The Balaban J connectivity index is 1.33. The lowest BCUT2D eigenvalue weighted by molar-refractivity contribution is -0.00874. The van der Waals surface area contributed by atoms with E-state index in [1.807, 2.05) is 0 Å². The molecule has 0 unspecified atom stereocenters. The molecule has 0 radical (unpaired) electrons. The number of alkyl halides is 2. The molecule has 2 fully saturated rings. The zero-order valence-electron chi connectivity index (χ0n) is 15.7. The summed E-state index contributed by atoms with van der Waals surface area (Å²) in [6.45, 7) is 2.68. The third kappa shape index (κ3) is 2.92. The Morgan fingerprint density at radius 3 is 2.86 bits per heavy atom. The van der Waals surface area contributed by atoms with Crippen molar-refractivity contribution in [3.63, 3.8) is 0 Å². The number of H-pyrrole nitrogens is 2. The molecule has 0 spiro atoms. The minimum atomic E-state index is -2.63. The number of aromatic amines is 2. The largest absolute Gasteiger partial charge is 0.355 e. The van der Waals surface area contributed by atoms with Gasteiger partial charge in [0, 0.05) is 38.3 Å². The zero-order chi connectivity index (χ0) is 20.3. The fraction of sp³-hybridized carbons (Fsp3) is 0.444. The van der Waals surface area contributed by atoms with Gasteiger partial charge in [0.15, 0.2) is 0 Å². The summed E-state index contributed by atoms with van der Waals surface area (Å²) in [4.78, 5) is 38.2. The van der Waals surface area contributed by atoms with E-state index < -0.39 is 5.92 Å². The van der Waals surface area contributed by atoms with Gasteiger partial charge in [0.2, 0.25) is 5.95 Å². The van der Waals surface area contributed by atoms with Crippen molar-refractivity contribution >= 4 is 16.9 Å². The molecule has 2 N–H and O–H groups in total. The van der Waals surface area contributed by atoms with Crippen molar-refractivity contribution in [2.75, 3.05) is 26.2 Å². The lowest BCUT2D eigenvalue weighted by Crippen LogP contribution is -2.60. The van der Waals surface area contributed by atoms with Crippen LogP contribution in [0.25, 0.3) is 17.0 Å². The summed E-state index contributed by atoms with van der Waals surface area (Å²) in [5, 5.41) is 4.21. The fourth-order valence-corrected chi connectivity index (χ4v) is 3.97. The molecule has 5 rings (SSSR count). The second-order valence-electron chi connectivity index (χ2n) is 7.62. The quantitative estimate of drug-likeness (QED) is 0.677. The molecule has 152 valence electrons. The molecule has 3 aromatic rings. The number of halogens is 2. The number of hydrogen-bond acceptors (Lipinski definition) is 5. The molecular formula is C18H19F2N7O2. The maximum Gasteiger partial charge on any atom is 0.276 e. The normalized spacial score (nSPS) is 19.8. The van der Waals surface area contributed by atoms with E-state index in [0.29, 0.717) is 41.9 Å². The first-order chi connectivity index (χ1) is 13.8. The Kier molecular flexibility index (Phi) is 3.85. The topological polar surface area (TPSA) is 103 Å². The van der Waals surface area contributed by atoms with Crippen molar-refractivity contribution in [3.05, 3.63) is 40.1 Å². The van der Waals surface area contributed by atoms with Crippen LogP contribution in [-0.2, 0) is 0 Å². The summed E-state index contributed by atoms with van der Waals surface area (Å²) in [5.41, 5.74) is 1.48. The van der Waals surface area contributed by atoms with Gasteiger partial charge in [-0.2, -0.15) is 5.10 Å². The highest BCUT2D eigenvalue weighted by atomic mass is 19.3. The van der Waals surface area contributed by atoms with Crippen LogP contribution in [-0.4, -0.2) is 78.6 Å². The van der Waals surface area contributed by atoms with Crippen LogP contribution in [0.5, 0.6) is 0 Å². The van der Waals surface area contributed by atoms with E-state index in [1.54, 1.807) is 29.0 Å². The van der Waals surface area contributed by atoms with Crippen LogP contribution in [0.2, 0.25) is 0 Å². The lowest BCUT2D eigenvalue weighted by atomic mass is 10.1. The first-order valence-electron chi connectivity index (χ1n) is 9.36. The molecule has 3 aromatic heterocycles. The summed E-state index contributed by atoms with van der Waals surface area (Å²) in [6, 6.07) is 1.65. The molecule has 11 heteroatoms. The van der Waals surface area contributed by atoms with E-state index >= 15 is 0 Å². The first kappa shape index (κ1) is 18.0. The molecule has 0 aliphatic carbocycles. The Morgan fingerprint density at radius 2 is 2.14 bits per heavy atom. The average Bonchev–Trinajstić information content (AvgIpc) is 3.32. The standard InChI is InChI=1S/C18H19F2N7O2/c1-10-12(16(29)26-7-11(8-26)25-5-3-18(19,20)9-25)6-22-27(10)17-23-13-2-4-21-14(13)15(28)24-17/h2,4,6,11,21H,3,5,7-9H2,1H3,(H,23,24,28). The van der Waals surface area contributed by atoms with Crippen LogP contribution in [0.15, 0.2) is 23.3 Å². The third-order valence-corrected chi connectivity index (χ3v) is 5.71. The van der Waals surface area contributed by atoms with Crippen LogP contribution in [0, 0.1) is 6.92 Å².